The van der Waals surface area contributed by atoms with E-state index in [0.29, 0.717) is 0 Å². The van der Waals surface area contributed by atoms with Crippen LogP contribution in [0.4, 0.5) is 5.69 Å². The van der Waals surface area contributed by atoms with Gasteiger partial charge in [0.25, 0.3) is 0 Å². The number of hydrogen-bond donors (Lipinski definition) is 0. The molecule has 0 spiro atoms. The highest BCUT2D eigenvalue weighted by Gasteiger charge is 2.19. The van der Waals surface area contributed by atoms with Gasteiger partial charge in [-0.1, -0.05) is 67.6 Å². The fourth-order valence-electron chi connectivity index (χ4n) is 4.46. The topological polar surface area (TPSA) is 50.2 Å². The van der Waals surface area contributed by atoms with Crippen molar-refractivity contribution < 1.29 is 14.3 Å². The van der Waals surface area contributed by atoms with Crippen LogP contribution in [0.15, 0.2) is 85.1 Å². The van der Waals surface area contributed by atoms with Gasteiger partial charge < -0.3 is 23.8 Å². The number of nitrogens with zero attached hydrogens (tertiary/aromatic N) is 4. The zero-order valence-electron chi connectivity index (χ0n) is 24.8. The van der Waals surface area contributed by atoms with E-state index in [1.54, 1.807) is 14.2 Å². The van der Waals surface area contributed by atoms with Gasteiger partial charge in [0.1, 0.15) is 5.75 Å². The zero-order chi connectivity index (χ0) is 28.9. The molecule has 1 aliphatic rings. The molecule has 1 aromatic heterocycles. The normalized spacial score (nSPS) is 13.3. The summed E-state index contributed by atoms with van der Waals surface area (Å²) in [5, 5.41) is 1.01. The van der Waals surface area contributed by atoms with E-state index in [1.807, 2.05) is 84.5 Å². The van der Waals surface area contributed by atoms with Crippen molar-refractivity contribution in [2.24, 2.45) is 7.05 Å². The van der Waals surface area contributed by atoms with Crippen LogP contribution >= 0.6 is 0 Å². The summed E-state index contributed by atoms with van der Waals surface area (Å²) in [6, 6.07) is 25.5. The van der Waals surface area contributed by atoms with Crippen LogP contribution in [0.5, 0.6) is 5.75 Å². The Morgan fingerprint density at radius 3 is 2.08 bits per heavy atom. The first kappa shape index (κ1) is 30.9. The number of carbonyl (C=O) groups is 1. The number of carbonyl (C=O) groups excluding carboxylic acids is 1. The molecule has 3 aromatic carbocycles. The maximum Gasteiger partial charge on any atom is 0.195 e. The molecule has 40 heavy (non-hydrogen) atoms. The number of fused-ring (bicyclic) bond motifs is 1. The predicted molar refractivity (Wildman–Crippen MR) is 166 cm³/mol. The Kier molecular flexibility index (Phi) is 12.2. The van der Waals surface area contributed by atoms with Crippen LogP contribution in [0.3, 0.4) is 0 Å². The highest BCUT2D eigenvalue weighted by atomic mass is 16.5. The average molecular weight is 545 g/mol. The molecule has 5 rings (SSSR count). The third kappa shape index (κ3) is 8.42. The minimum atomic E-state index is 0.0763. The Morgan fingerprint density at radius 2 is 1.45 bits per heavy atom. The minimum Gasteiger partial charge on any atom is -0.495 e. The molecule has 0 radical (unpaired) electrons. The summed E-state index contributed by atoms with van der Waals surface area (Å²) in [7, 11) is 9.54. The van der Waals surface area contributed by atoms with Crippen molar-refractivity contribution in [1.29, 1.82) is 0 Å². The van der Waals surface area contributed by atoms with Crippen LogP contribution < -0.4 is 9.64 Å². The molecular weight excluding hydrogens is 500 g/mol. The molecule has 1 saturated heterocycles. The van der Waals surface area contributed by atoms with Gasteiger partial charge in [0.15, 0.2) is 5.78 Å². The third-order valence-corrected chi connectivity index (χ3v) is 6.92. The van der Waals surface area contributed by atoms with Crippen LogP contribution in [0.25, 0.3) is 10.9 Å². The van der Waals surface area contributed by atoms with Crippen LogP contribution in [0.1, 0.15) is 22.8 Å². The number of ether oxygens (including phenoxy) is 2. The molecule has 214 valence electrons. The monoisotopic (exact) mass is 544 g/mol. The minimum absolute atomic E-state index is 0.0763. The molecule has 1 aliphatic heterocycles. The van der Waals surface area contributed by atoms with Crippen LogP contribution in [-0.2, 0) is 11.8 Å². The third-order valence-electron chi connectivity index (χ3n) is 6.92. The summed E-state index contributed by atoms with van der Waals surface area (Å²) in [6.07, 6.45) is 1.90. The Labute approximate surface area is 239 Å². The predicted octanol–water partition coefficient (Wildman–Crippen LogP) is 5.40. The second-order valence-corrected chi connectivity index (χ2v) is 9.96. The molecule has 0 N–H and O–H groups in total. The smallest absolute Gasteiger partial charge is 0.195 e. The number of aromatic nitrogens is 1. The molecule has 2 heterocycles. The molecule has 0 atom stereocenters. The lowest BCUT2D eigenvalue weighted by Crippen LogP contribution is -2.47. The van der Waals surface area contributed by atoms with Gasteiger partial charge in [0, 0.05) is 68.6 Å². The van der Waals surface area contributed by atoms with Crippen molar-refractivity contribution in [3.63, 3.8) is 0 Å². The Bertz CT molecular complexity index is 1310. The zero-order valence-corrected chi connectivity index (χ0v) is 24.8. The van der Waals surface area contributed by atoms with Gasteiger partial charge in [0.05, 0.1) is 19.5 Å². The van der Waals surface area contributed by atoms with Crippen molar-refractivity contribution >= 4 is 22.4 Å². The lowest BCUT2D eigenvalue weighted by Gasteiger charge is -2.36. The van der Waals surface area contributed by atoms with Gasteiger partial charge in [0.2, 0.25) is 0 Å². The fourth-order valence-corrected chi connectivity index (χ4v) is 4.46. The first-order valence-electron chi connectivity index (χ1n) is 13.8. The molecule has 7 heteroatoms. The van der Waals surface area contributed by atoms with Gasteiger partial charge in [-0.15, -0.1) is 0 Å². The first-order chi connectivity index (χ1) is 19.4. The number of para-hydroxylation sites is 3. The van der Waals surface area contributed by atoms with E-state index in [0.717, 1.165) is 67.2 Å². The second-order valence-electron chi connectivity index (χ2n) is 9.96. The fraction of sp³-hybridized carbons (Fsp3) is 0.364. The highest BCUT2D eigenvalue weighted by Crippen LogP contribution is 2.28. The lowest BCUT2D eigenvalue weighted by atomic mass is 10.0. The number of piperazine rings is 1. The largest absolute Gasteiger partial charge is 0.495 e. The average Bonchev–Trinajstić information content (AvgIpc) is 3.34. The van der Waals surface area contributed by atoms with E-state index in [1.165, 1.54) is 5.69 Å². The van der Waals surface area contributed by atoms with Crippen molar-refractivity contribution in [2.75, 3.05) is 72.7 Å². The van der Waals surface area contributed by atoms with Crippen molar-refractivity contribution in [3.8, 4) is 5.75 Å². The number of benzene rings is 3. The van der Waals surface area contributed by atoms with E-state index in [2.05, 4.69) is 47.9 Å². The van der Waals surface area contributed by atoms with Crippen LogP contribution in [0.2, 0.25) is 0 Å². The molecule has 0 unspecified atom stereocenters. The molecule has 0 aliphatic carbocycles. The summed E-state index contributed by atoms with van der Waals surface area (Å²) >= 11 is 0. The summed E-state index contributed by atoms with van der Waals surface area (Å²) in [4.78, 5) is 19.3. The number of aryl methyl sites for hydroxylation is 1. The van der Waals surface area contributed by atoms with Crippen molar-refractivity contribution in [1.82, 2.24) is 14.4 Å². The van der Waals surface area contributed by atoms with Gasteiger partial charge in [-0.05, 0) is 38.8 Å². The maximum absolute atomic E-state index is 12.5. The Hall–Kier alpha value is -3.65. The van der Waals surface area contributed by atoms with Crippen molar-refractivity contribution in [3.05, 3.63) is 96.2 Å². The molecule has 7 nitrogen and oxygen atoms in total. The Morgan fingerprint density at radius 1 is 0.850 bits per heavy atom. The highest BCUT2D eigenvalue weighted by molar-refractivity contribution is 6.16. The molecular formula is C33H44N4O3. The summed E-state index contributed by atoms with van der Waals surface area (Å²) in [5.74, 6) is 1.03. The van der Waals surface area contributed by atoms with E-state index >= 15 is 0 Å². The van der Waals surface area contributed by atoms with E-state index in [-0.39, 0.29) is 5.78 Å². The molecule has 0 saturated carbocycles. The molecule has 0 bridgehead atoms. The van der Waals surface area contributed by atoms with E-state index in [9.17, 15) is 4.79 Å². The number of methoxy groups -OCH3 is 2. The first-order valence-corrected chi connectivity index (χ1v) is 13.8. The lowest BCUT2D eigenvalue weighted by molar-refractivity contribution is 0.0595. The number of hydrogen-bond acceptors (Lipinski definition) is 6. The number of anilines is 1. The number of ketones is 1. The maximum atomic E-state index is 12.5. The van der Waals surface area contributed by atoms with Gasteiger partial charge >= 0.3 is 0 Å². The van der Waals surface area contributed by atoms with Crippen LogP contribution in [-0.4, -0.2) is 87.9 Å². The molecule has 0 amide bonds. The summed E-state index contributed by atoms with van der Waals surface area (Å²) in [6.45, 7) is 8.09. The van der Waals surface area contributed by atoms with E-state index in [4.69, 9.17) is 9.47 Å². The second kappa shape index (κ2) is 15.8. The van der Waals surface area contributed by atoms with Crippen molar-refractivity contribution in [2.45, 2.75) is 6.92 Å². The van der Waals surface area contributed by atoms with Crippen LogP contribution in [0, 0.1) is 0 Å². The van der Waals surface area contributed by atoms with Gasteiger partial charge in [-0.2, -0.15) is 0 Å². The van der Waals surface area contributed by atoms with Gasteiger partial charge in [-0.25, -0.2) is 0 Å². The number of rotatable bonds is 7. The Balaban J connectivity index is 0.000000190. The molecule has 4 aromatic rings. The SMILES string of the molecule is CCN(C)C.COCN1CCN(c2ccccc2OC)CC1.Cn1cc(C(=O)c2ccccc2)c2ccccc21. The molecule has 1 fully saturated rings. The van der Waals surface area contributed by atoms with Gasteiger partial charge in [-0.3, -0.25) is 9.69 Å². The standard InChI is InChI=1S/C16H13NO.C13H20N2O2.C4H11N/c1-17-11-14(13-9-5-6-10-15(13)17)16(18)12-7-3-2-4-8-12;1-16-11-14-7-9-15(10-8-14)12-5-3-4-6-13(12)17-2;1-4-5(2)3/h2-11H,1H3;3-6H,7-11H2,1-2H3;4H2,1-3H3. The quantitative estimate of drug-likeness (QED) is 0.291. The summed E-state index contributed by atoms with van der Waals surface area (Å²) in [5.41, 5.74) is 3.76. The van der Waals surface area contributed by atoms with E-state index < -0.39 is 0 Å². The summed E-state index contributed by atoms with van der Waals surface area (Å²) < 4.78 is 12.5.